The predicted molar refractivity (Wildman–Crippen MR) is 120 cm³/mol. The van der Waals surface area contributed by atoms with Gasteiger partial charge in [0.1, 0.15) is 5.82 Å². The van der Waals surface area contributed by atoms with Gasteiger partial charge < -0.3 is 10.2 Å². The first kappa shape index (κ1) is 21.7. The average Bonchev–Trinajstić information content (AvgIpc) is 3.37. The summed E-state index contributed by atoms with van der Waals surface area (Å²) < 4.78 is 40.5. The number of aromatic nitrogens is 1. The summed E-state index contributed by atoms with van der Waals surface area (Å²) in [5.41, 5.74) is 1.32. The molecule has 1 aromatic heterocycles. The maximum absolute atomic E-state index is 13.2. The number of carbonyl (C=O) groups is 1. The van der Waals surface area contributed by atoms with Crippen molar-refractivity contribution in [2.45, 2.75) is 23.9 Å². The van der Waals surface area contributed by atoms with Gasteiger partial charge in [-0.2, -0.15) is 0 Å². The summed E-state index contributed by atoms with van der Waals surface area (Å²) in [5, 5.41) is 5.42. The van der Waals surface area contributed by atoms with Crippen LogP contribution in [0.1, 0.15) is 13.4 Å². The van der Waals surface area contributed by atoms with Crippen molar-refractivity contribution in [3.63, 3.8) is 0 Å². The van der Waals surface area contributed by atoms with E-state index in [2.05, 4.69) is 15.0 Å². The van der Waals surface area contributed by atoms with Crippen LogP contribution in [0.3, 0.4) is 0 Å². The minimum Gasteiger partial charge on any atom is -0.311 e. The number of benzene rings is 2. The number of carbonyl (C=O) groups excluding carboxylic acids is 1. The molecule has 11 heteroatoms. The minimum atomic E-state index is -3.75. The Kier molecular flexibility index (Phi) is 6.24. The number of rotatable bonds is 7. The number of nitrogens with one attached hydrogen (secondary N) is 2. The van der Waals surface area contributed by atoms with Crippen LogP contribution in [0.2, 0.25) is 5.02 Å². The molecule has 2 N–H and O–H groups in total. The number of anilines is 2. The molecule has 1 unspecified atom stereocenters. The van der Waals surface area contributed by atoms with Gasteiger partial charge in [0.15, 0.2) is 5.13 Å². The summed E-state index contributed by atoms with van der Waals surface area (Å²) in [4.78, 5) is 18.4. The quantitative estimate of drug-likeness (QED) is 0.533. The Hall–Kier alpha value is -2.53. The fraction of sp³-hybridized carbons (Fsp3) is 0.200. The van der Waals surface area contributed by atoms with Crippen molar-refractivity contribution in [1.82, 2.24) is 10.3 Å². The SMILES string of the molecule is O=C1C(NCc2ccc(F)cc2Cl)CCN1c1ccc(S(=O)(=O)Nc2nccs2)cc1.[HH]. The normalized spacial score (nSPS) is 16.6. The largest absolute Gasteiger partial charge is 0.311 e. The Morgan fingerprint density at radius 2 is 2.03 bits per heavy atom. The molecule has 1 saturated heterocycles. The Bertz CT molecular complexity index is 1190. The second-order valence-corrected chi connectivity index (χ2v) is 9.87. The summed E-state index contributed by atoms with van der Waals surface area (Å²) in [5.74, 6) is -0.529. The molecule has 4 rings (SSSR count). The summed E-state index contributed by atoms with van der Waals surface area (Å²) >= 11 is 7.22. The monoisotopic (exact) mass is 482 g/mol. The lowest BCUT2D eigenvalue weighted by Gasteiger charge is -2.18. The van der Waals surface area contributed by atoms with Gasteiger partial charge in [-0.3, -0.25) is 9.52 Å². The van der Waals surface area contributed by atoms with Crippen LogP contribution in [0.4, 0.5) is 15.2 Å². The zero-order valence-corrected chi connectivity index (χ0v) is 18.5. The summed E-state index contributed by atoms with van der Waals surface area (Å²) in [6.45, 7) is 0.833. The molecule has 164 valence electrons. The third-order valence-electron chi connectivity index (χ3n) is 4.87. The van der Waals surface area contributed by atoms with E-state index in [-0.39, 0.29) is 17.4 Å². The second-order valence-electron chi connectivity index (χ2n) is 6.88. The molecule has 0 bridgehead atoms. The smallest absolute Gasteiger partial charge is 0.263 e. The van der Waals surface area contributed by atoms with Crippen molar-refractivity contribution in [3.05, 3.63) is 70.4 Å². The highest BCUT2D eigenvalue weighted by Gasteiger charge is 2.32. The van der Waals surface area contributed by atoms with Gasteiger partial charge in [-0.05, 0) is 48.4 Å². The Balaban J connectivity index is 0.00000289. The lowest BCUT2D eigenvalue weighted by Crippen LogP contribution is -2.38. The average molecular weight is 483 g/mol. The highest BCUT2D eigenvalue weighted by atomic mass is 35.5. The summed E-state index contributed by atoms with van der Waals surface area (Å²) in [6, 6.07) is 9.86. The van der Waals surface area contributed by atoms with Crippen LogP contribution in [0.25, 0.3) is 0 Å². The molecule has 2 aromatic carbocycles. The molecule has 7 nitrogen and oxygen atoms in total. The third kappa shape index (κ3) is 4.87. The van der Waals surface area contributed by atoms with Gasteiger partial charge in [0.05, 0.1) is 10.9 Å². The molecule has 1 atom stereocenters. The molecule has 3 aromatic rings. The Labute approximate surface area is 189 Å². The summed E-state index contributed by atoms with van der Waals surface area (Å²) in [7, 11) is -3.75. The van der Waals surface area contributed by atoms with Crippen LogP contribution in [0.15, 0.2) is 58.9 Å². The fourth-order valence-electron chi connectivity index (χ4n) is 3.28. The minimum absolute atomic E-state index is 0. The van der Waals surface area contributed by atoms with Gasteiger partial charge in [-0.1, -0.05) is 17.7 Å². The standard InChI is InChI=1S/C20H18ClFN4O3S2.H2/c21-17-11-14(22)2-1-13(17)12-24-18-7-9-26(19(18)27)15-3-5-16(6-4-15)31(28,29)25-20-23-8-10-30-20;/h1-6,8,10-11,18,24H,7,9,12H2,(H,23,25);1H. The molecular weight excluding hydrogens is 463 g/mol. The van der Waals surface area contributed by atoms with Gasteiger partial charge in [-0.25, -0.2) is 17.8 Å². The van der Waals surface area contributed by atoms with Crippen LogP contribution in [0, 0.1) is 5.82 Å². The highest BCUT2D eigenvalue weighted by molar-refractivity contribution is 7.93. The van der Waals surface area contributed by atoms with Crippen molar-refractivity contribution in [3.8, 4) is 0 Å². The van der Waals surface area contributed by atoms with E-state index >= 15 is 0 Å². The van der Waals surface area contributed by atoms with Crippen LogP contribution < -0.4 is 14.9 Å². The number of amides is 1. The molecule has 1 aliphatic rings. The number of halogens is 2. The van der Waals surface area contributed by atoms with Crippen molar-refractivity contribution < 1.29 is 19.0 Å². The first-order chi connectivity index (χ1) is 14.8. The Morgan fingerprint density at radius 3 is 2.71 bits per heavy atom. The predicted octanol–water partition coefficient (Wildman–Crippen LogP) is 3.88. The van der Waals surface area contributed by atoms with E-state index in [4.69, 9.17) is 11.6 Å². The second kappa shape index (κ2) is 8.91. The lowest BCUT2D eigenvalue weighted by molar-refractivity contribution is -0.118. The van der Waals surface area contributed by atoms with Crippen molar-refractivity contribution in [2.75, 3.05) is 16.2 Å². The van der Waals surface area contributed by atoms with Gasteiger partial charge >= 0.3 is 0 Å². The zero-order valence-electron chi connectivity index (χ0n) is 16.1. The molecule has 1 aliphatic heterocycles. The van der Waals surface area contributed by atoms with E-state index in [0.717, 1.165) is 0 Å². The van der Waals surface area contributed by atoms with Gasteiger partial charge in [0.25, 0.3) is 10.0 Å². The van der Waals surface area contributed by atoms with Crippen LogP contribution in [-0.4, -0.2) is 31.9 Å². The number of nitrogens with zero attached hydrogens (tertiary/aromatic N) is 2. The first-order valence-electron chi connectivity index (χ1n) is 9.34. The van der Waals surface area contributed by atoms with Crippen LogP contribution >= 0.6 is 22.9 Å². The van der Waals surface area contributed by atoms with Crippen LogP contribution in [0.5, 0.6) is 0 Å². The van der Waals surface area contributed by atoms with Gasteiger partial charge in [0.2, 0.25) is 5.91 Å². The van der Waals surface area contributed by atoms with Crippen molar-refractivity contribution in [1.29, 1.82) is 0 Å². The lowest BCUT2D eigenvalue weighted by atomic mass is 10.2. The summed E-state index contributed by atoms with van der Waals surface area (Å²) in [6.07, 6.45) is 2.10. The number of hydrogen-bond acceptors (Lipinski definition) is 6. The van der Waals surface area contributed by atoms with Gasteiger partial charge in [0, 0.05) is 36.8 Å². The maximum Gasteiger partial charge on any atom is 0.263 e. The highest BCUT2D eigenvalue weighted by Crippen LogP contribution is 2.25. The molecule has 1 amide bonds. The van der Waals surface area contributed by atoms with E-state index in [1.54, 1.807) is 28.5 Å². The third-order valence-corrected chi connectivity index (χ3v) is 7.40. The van der Waals surface area contributed by atoms with Crippen LogP contribution in [-0.2, 0) is 21.4 Å². The molecule has 0 radical (unpaired) electrons. The Morgan fingerprint density at radius 1 is 1.26 bits per heavy atom. The van der Waals surface area contributed by atoms with E-state index in [9.17, 15) is 17.6 Å². The molecule has 0 spiro atoms. The molecule has 31 heavy (non-hydrogen) atoms. The van der Waals surface area contributed by atoms with E-state index in [0.29, 0.717) is 35.8 Å². The van der Waals surface area contributed by atoms with E-state index in [1.165, 1.54) is 41.8 Å². The van der Waals surface area contributed by atoms with E-state index in [1.807, 2.05) is 0 Å². The topological polar surface area (TPSA) is 91.4 Å². The van der Waals surface area contributed by atoms with E-state index < -0.39 is 21.9 Å². The number of hydrogen-bond donors (Lipinski definition) is 2. The fourth-order valence-corrected chi connectivity index (χ4v) is 5.30. The number of sulfonamides is 1. The number of thiazole rings is 1. The molecule has 2 heterocycles. The zero-order chi connectivity index (χ0) is 22.0. The van der Waals surface area contributed by atoms with Gasteiger partial charge in [-0.15, -0.1) is 11.3 Å². The maximum atomic E-state index is 13.2. The molecule has 1 fully saturated rings. The molecule has 0 aliphatic carbocycles. The first-order valence-corrected chi connectivity index (χ1v) is 12.1. The van der Waals surface area contributed by atoms with Crippen molar-refractivity contribution in [2.24, 2.45) is 0 Å². The molecular formula is C20H20ClFN4O3S2. The molecule has 0 saturated carbocycles. The van der Waals surface area contributed by atoms with Crippen molar-refractivity contribution >= 4 is 49.7 Å².